The van der Waals surface area contributed by atoms with Gasteiger partial charge in [0.2, 0.25) is 11.8 Å². The highest BCUT2D eigenvalue weighted by Crippen LogP contribution is 2.32. The Kier molecular flexibility index (Phi) is 7.28. The van der Waals surface area contributed by atoms with Gasteiger partial charge < -0.3 is 15.4 Å². The molecule has 37 heavy (non-hydrogen) atoms. The number of anilines is 2. The molecular weight excluding hydrogens is 466 g/mol. The van der Waals surface area contributed by atoms with Crippen molar-refractivity contribution in [3.8, 4) is 22.4 Å². The summed E-state index contributed by atoms with van der Waals surface area (Å²) in [4.78, 5) is 29.5. The summed E-state index contributed by atoms with van der Waals surface area (Å²) in [5.41, 5.74) is 5.12. The zero-order valence-electron chi connectivity index (χ0n) is 21.5. The van der Waals surface area contributed by atoms with Crippen LogP contribution < -0.4 is 10.6 Å². The van der Waals surface area contributed by atoms with Crippen LogP contribution in [0.3, 0.4) is 0 Å². The molecule has 1 saturated carbocycles. The molecule has 3 heterocycles. The number of carbonyl (C=O) groups excluding carboxylic acids is 2. The molecule has 0 unspecified atom stereocenters. The number of hydrogen-bond acceptors (Lipinski definition) is 6. The van der Waals surface area contributed by atoms with Gasteiger partial charge in [-0.15, -0.1) is 0 Å². The minimum absolute atomic E-state index is 0.0214. The molecule has 2 N–H and O–H groups in total. The molecule has 5 rings (SSSR count). The lowest BCUT2D eigenvalue weighted by atomic mass is 9.89. The van der Waals surface area contributed by atoms with E-state index in [1.54, 1.807) is 12.4 Å². The monoisotopic (exact) mass is 499 g/mol. The van der Waals surface area contributed by atoms with E-state index in [0.717, 1.165) is 53.6 Å². The third-order valence-corrected chi connectivity index (χ3v) is 7.16. The third kappa shape index (κ3) is 6.02. The maximum atomic E-state index is 13.0. The van der Waals surface area contributed by atoms with Gasteiger partial charge in [-0.1, -0.05) is 19.9 Å². The van der Waals surface area contributed by atoms with Gasteiger partial charge in [-0.3, -0.25) is 9.59 Å². The molecule has 192 valence electrons. The number of carbonyl (C=O) groups is 2. The van der Waals surface area contributed by atoms with Crippen molar-refractivity contribution < 1.29 is 14.3 Å². The number of aryl methyl sites for hydroxylation is 1. The Bertz CT molecular complexity index is 1300. The Labute approximate surface area is 217 Å². The number of benzene rings is 1. The van der Waals surface area contributed by atoms with Crippen molar-refractivity contribution in [2.45, 2.75) is 52.6 Å². The fraction of sp³-hybridized carbons (Fsp3) is 0.414. The second-order valence-electron chi connectivity index (χ2n) is 10.4. The van der Waals surface area contributed by atoms with Gasteiger partial charge in [0.1, 0.15) is 5.82 Å². The Hall–Kier alpha value is -3.65. The van der Waals surface area contributed by atoms with Gasteiger partial charge in [-0.05, 0) is 80.0 Å². The smallest absolute Gasteiger partial charge is 0.228 e. The number of pyridine rings is 1. The van der Waals surface area contributed by atoms with Gasteiger partial charge in [0.15, 0.2) is 0 Å². The lowest BCUT2D eigenvalue weighted by Gasteiger charge is -2.31. The van der Waals surface area contributed by atoms with Gasteiger partial charge >= 0.3 is 0 Å². The van der Waals surface area contributed by atoms with Crippen LogP contribution in [0.5, 0.6) is 0 Å². The van der Waals surface area contributed by atoms with Crippen molar-refractivity contribution in [1.82, 2.24) is 15.2 Å². The SMILES string of the molecule is Cc1ccc(NC(=O)[C@H]2CCO[C@H](C(C)C)C2)cc1-c1cc(-c2ccnc(NC(=O)C3CC3)c2)cnn1. The van der Waals surface area contributed by atoms with E-state index in [4.69, 9.17) is 4.74 Å². The molecule has 2 amide bonds. The normalized spacial score (nSPS) is 19.5. The first-order chi connectivity index (χ1) is 17.9. The maximum absolute atomic E-state index is 13.0. The molecule has 1 aliphatic heterocycles. The van der Waals surface area contributed by atoms with Crippen LogP contribution in [0.15, 0.2) is 48.8 Å². The van der Waals surface area contributed by atoms with Crippen molar-refractivity contribution >= 4 is 23.3 Å². The number of nitrogens with one attached hydrogen (secondary N) is 2. The predicted molar refractivity (Wildman–Crippen MR) is 143 cm³/mol. The van der Waals surface area contributed by atoms with Crippen molar-refractivity contribution in [2.75, 3.05) is 17.2 Å². The van der Waals surface area contributed by atoms with Crippen LogP contribution in [0.2, 0.25) is 0 Å². The van der Waals surface area contributed by atoms with Crippen molar-refractivity contribution in [3.63, 3.8) is 0 Å². The highest BCUT2D eigenvalue weighted by Gasteiger charge is 2.30. The molecule has 1 aliphatic carbocycles. The average molecular weight is 500 g/mol. The zero-order valence-corrected chi connectivity index (χ0v) is 21.5. The van der Waals surface area contributed by atoms with Gasteiger partial charge in [0.05, 0.1) is 18.0 Å². The van der Waals surface area contributed by atoms with Gasteiger partial charge in [0.25, 0.3) is 0 Å². The molecule has 2 aliphatic rings. The van der Waals surface area contributed by atoms with Crippen molar-refractivity contribution in [1.29, 1.82) is 0 Å². The van der Waals surface area contributed by atoms with Crippen LogP contribution in [0, 0.1) is 24.7 Å². The maximum Gasteiger partial charge on any atom is 0.228 e. The molecular formula is C29H33N5O3. The van der Waals surface area contributed by atoms with Crippen LogP contribution in [-0.2, 0) is 14.3 Å². The van der Waals surface area contributed by atoms with E-state index >= 15 is 0 Å². The summed E-state index contributed by atoms with van der Waals surface area (Å²) in [5, 5.41) is 14.6. The molecule has 0 radical (unpaired) electrons. The standard InChI is InChI=1S/C29H33N5O3/c1-17(2)26-13-21(9-11-37-26)29(36)32-23-7-4-18(3)24(15-23)25-12-22(16-31-34-25)20-8-10-30-27(14-20)33-28(35)19-5-6-19/h4,7-8,10,12,14-17,19,21,26H,5-6,9,11,13H2,1-3H3,(H,32,36)(H,30,33,35)/t21-,26-/m0/s1. The minimum Gasteiger partial charge on any atom is -0.378 e. The van der Waals surface area contributed by atoms with E-state index in [1.165, 1.54) is 0 Å². The van der Waals surface area contributed by atoms with E-state index < -0.39 is 0 Å². The minimum atomic E-state index is -0.0599. The Morgan fingerprint density at radius 1 is 0.973 bits per heavy atom. The number of aromatic nitrogens is 3. The number of nitrogens with zero attached hydrogens (tertiary/aromatic N) is 3. The Morgan fingerprint density at radius 3 is 2.57 bits per heavy atom. The predicted octanol–water partition coefficient (Wildman–Crippen LogP) is 5.25. The summed E-state index contributed by atoms with van der Waals surface area (Å²) in [6.45, 7) is 6.88. The topological polar surface area (TPSA) is 106 Å². The van der Waals surface area contributed by atoms with Crippen LogP contribution in [-0.4, -0.2) is 39.7 Å². The molecule has 3 aromatic rings. The van der Waals surface area contributed by atoms with Crippen molar-refractivity contribution in [3.05, 3.63) is 54.4 Å². The number of hydrogen-bond donors (Lipinski definition) is 2. The van der Waals surface area contributed by atoms with Crippen LogP contribution in [0.25, 0.3) is 22.4 Å². The Balaban J connectivity index is 1.34. The highest BCUT2D eigenvalue weighted by atomic mass is 16.5. The lowest BCUT2D eigenvalue weighted by Crippen LogP contribution is -2.35. The molecule has 2 aromatic heterocycles. The molecule has 0 bridgehead atoms. The molecule has 2 atom stereocenters. The van der Waals surface area contributed by atoms with Gasteiger partial charge in [0, 0.05) is 41.5 Å². The summed E-state index contributed by atoms with van der Waals surface area (Å²) in [5.74, 6) is 1.02. The van der Waals surface area contributed by atoms with Crippen LogP contribution >= 0.6 is 0 Å². The van der Waals surface area contributed by atoms with E-state index in [-0.39, 0.29) is 29.8 Å². The molecule has 0 spiro atoms. The lowest BCUT2D eigenvalue weighted by molar-refractivity contribution is -0.126. The summed E-state index contributed by atoms with van der Waals surface area (Å²) in [7, 11) is 0. The van der Waals surface area contributed by atoms with Gasteiger partial charge in [-0.25, -0.2) is 4.98 Å². The molecule has 1 aromatic carbocycles. The van der Waals surface area contributed by atoms with E-state index in [2.05, 4.69) is 39.7 Å². The molecule has 2 fully saturated rings. The van der Waals surface area contributed by atoms with E-state index in [0.29, 0.717) is 24.0 Å². The number of rotatable bonds is 7. The average Bonchev–Trinajstić information content (AvgIpc) is 3.76. The number of ether oxygens (including phenoxy) is 1. The fourth-order valence-electron chi connectivity index (χ4n) is 4.66. The molecule has 8 nitrogen and oxygen atoms in total. The summed E-state index contributed by atoms with van der Waals surface area (Å²) >= 11 is 0. The fourth-order valence-corrected chi connectivity index (χ4v) is 4.66. The first kappa shape index (κ1) is 25.0. The summed E-state index contributed by atoms with van der Waals surface area (Å²) < 4.78 is 5.83. The van der Waals surface area contributed by atoms with E-state index in [1.807, 2.05) is 43.3 Å². The highest BCUT2D eigenvalue weighted by molar-refractivity contribution is 5.94. The van der Waals surface area contributed by atoms with Gasteiger partial charge in [-0.2, -0.15) is 10.2 Å². The second-order valence-corrected chi connectivity index (χ2v) is 10.4. The van der Waals surface area contributed by atoms with Crippen LogP contribution in [0.1, 0.15) is 45.1 Å². The molecule has 8 heteroatoms. The second kappa shape index (κ2) is 10.8. The quantitative estimate of drug-likeness (QED) is 0.460. The van der Waals surface area contributed by atoms with E-state index in [9.17, 15) is 9.59 Å². The largest absolute Gasteiger partial charge is 0.378 e. The zero-order chi connectivity index (χ0) is 25.9. The third-order valence-electron chi connectivity index (χ3n) is 7.16. The van der Waals surface area contributed by atoms with Crippen LogP contribution in [0.4, 0.5) is 11.5 Å². The Morgan fingerprint density at radius 2 is 1.78 bits per heavy atom. The number of amides is 2. The first-order valence-electron chi connectivity index (χ1n) is 13.0. The van der Waals surface area contributed by atoms with Crippen molar-refractivity contribution in [2.24, 2.45) is 17.8 Å². The summed E-state index contributed by atoms with van der Waals surface area (Å²) in [6.07, 6.45) is 6.85. The first-order valence-corrected chi connectivity index (χ1v) is 13.0. The summed E-state index contributed by atoms with van der Waals surface area (Å²) in [6, 6.07) is 11.6. The molecule has 1 saturated heterocycles.